The highest BCUT2D eigenvalue weighted by atomic mass is 16.4. The summed E-state index contributed by atoms with van der Waals surface area (Å²) in [5, 5.41) is 7.60. The van der Waals surface area contributed by atoms with Crippen LogP contribution in [-0.4, -0.2) is 16.9 Å². The van der Waals surface area contributed by atoms with E-state index in [2.05, 4.69) is 6.58 Å². The largest absolute Gasteiger partial charge is 0.478 e. The second-order valence-electron chi connectivity index (χ2n) is 4.10. The average Bonchev–Trinajstić information content (AvgIpc) is 2.49. The van der Waals surface area contributed by atoms with E-state index in [0.717, 1.165) is 17.2 Å². The van der Waals surface area contributed by atoms with Crippen molar-refractivity contribution in [3.8, 4) is 0 Å². The van der Waals surface area contributed by atoms with E-state index >= 15 is 0 Å². The summed E-state index contributed by atoms with van der Waals surface area (Å²) >= 11 is 0. The lowest BCUT2D eigenvalue weighted by Gasteiger charge is -2.00. The summed E-state index contributed by atoms with van der Waals surface area (Å²) < 4.78 is 0. The molecular weight excluding hydrogens is 252 g/mol. The van der Waals surface area contributed by atoms with Crippen LogP contribution in [0.15, 0.2) is 67.3 Å². The molecule has 20 heavy (non-hydrogen) atoms. The zero-order chi connectivity index (χ0) is 15.0. The van der Waals surface area contributed by atoms with Gasteiger partial charge in [0.05, 0.1) is 0 Å². The zero-order valence-corrected chi connectivity index (χ0v) is 11.2. The van der Waals surface area contributed by atoms with Crippen LogP contribution >= 0.6 is 0 Å². The van der Waals surface area contributed by atoms with E-state index in [4.69, 9.17) is 5.11 Å². The summed E-state index contributed by atoms with van der Waals surface area (Å²) in [6, 6.07) is 17.0. The average molecular weight is 268 g/mol. The van der Waals surface area contributed by atoms with Gasteiger partial charge in [-0.05, 0) is 6.92 Å². The molecule has 0 heterocycles. The second-order valence-corrected chi connectivity index (χ2v) is 4.10. The van der Waals surface area contributed by atoms with Gasteiger partial charge in [0.1, 0.15) is 0 Å². The molecule has 0 amide bonds. The molecule has 0 aliphatic rings. The van der Waals surface area contributed by atoms with E-state index < -0.39 is 5.97 Å². The first-order valence-corrected chi connectivity index (χ1v) is 6.06. The fraction of sp³-hybridized carbons (Fsp3) is 0.0588. The molecule has 0 spiro atoms. The summed E-state index contributed by atoms with van der Waals surface area (Å²) in [4.78, 5) is 21.2. The number of carbonyl (C=O) groups is 2. The van der Waals surface area contributed by atoms with E-state index in [-0.39, 0.29) is 5.78 Å². The Hall–Kier alpha value is -2.68. The van der Waals surface area contributed by atoms with Crippen LogP contribution in [0.5, 0.6) is 0 Å². The molecule has 1 N–H and O–H groups in total. The second kappa shape index (κ2) is 7.69. The third-order valence-electron chi connectivity index (χ3n) is 2.52. The summed E-state index contributed by atoms with van der Waals surface area (Å²) in [6.45, 7) is 4.97. The lowest BCUT2D eigenvalue weighted by molar-refractivity contribution is -0.131. The number of carbonyl (C=O) groups excluding carboxylic acids is 1. The van der Waals surface area contributed by atoms with Crippen LogP contribution in [0.2, 0.25) is 0 Å². The van der Waals surface area contributed by atoms with Gasteiger partial charge in [-0.15, -0.1) is 0 Å². The molecule has 0 saturated heterocycles. The minimum absolute atomic E-state index is 0.0793. The molecule has 0 aromatic heterocycles. The predicted molar refractivity (Wildman–Crippen MR) is 78.9 cm³/mol. The van der Waals surface area contributed by atoms with E-state index in [1.54, 1.807) is 0 Å². The fourth-order valence-electron chi connectivity index (χ4n) is 1.46. The molecule has 0 fully saturated rings. The third-order valence-corrected chi connectivity index (χ3v) is 2.52. The Morgan fingerprint density at radius 2 is 1.40 bits per heavy atom. The van der Waals surface area contributed by atoms with Crippen molar-refractivity contribution in [1.82, 2.24) is 0 Å². The lowest BCUT2D eigenvalue weighted by Crippen LogP contribution is -2.00. The third kappa shape index (κ3) is 4.90. The van der Waals surface area contributed by atoms with Crippen LogP contribution in [0.1, 0.15) is 21.5 Å². The normalized spacial score (nSPS) is 9.05. The first kappa shape index (κ1) is 15.4. The molecule has 0 atom stereocenters. The van der Waals surface area contributed by atoms with E-state index in [9.17, 15) is 9.59 Å². The molecule has 2 aromatic carbocycles. The van der Waals surface area contributed by atoms with E-state index in [1.807, 2.05) is 61.5 Å². The molecular formula is C17H16O3. The quantitative estimate of drug-likeness (QED) is 0.685. The standard InChI is InChI=1S/C14H12O.C3H4O2/c1-11-7-9-13(10-8-11)14(15)12-5-3-2-4-6-12;1-2-3(4)5/h2-10H,1H3;2H,1H2,(H,4,5). The monoisotopic (exact) mass is 268 g/mol. The van der Waals surface area contributed by atoms with Gasteiger partial charge in [0.15, 0.2) is 5.78 Å². The van der Waals surface area contributed by atoms with Crippen molar-refractivity contribution in [2.45, 2.75) is 6.92 Å². The number of aliphatic carboxylic acids is 1. The number of benzene rings is 2. The number of carboxylic acids is 1. The van der Waals surface area contributed by atoms with Crippen LogP contribution < -0.4 is 0 Å². The van der Waals surface area contributed by atoms with Gasteiger partial charge in [0.25, 0.3) is 0 Å². The summed E-state index contributed by atoms with van der Waals surface area (Å²) in [5.41, 5.74) is 2.65. The van der Waals surface area contributed by atoms with Crippen molar-refractivity contribution in [3.05, 3.63) is 83.9 Å². The van der Waals surface area contributed by atoms with Gasteiger partial charge in [-0.2, -0.15) is 0 Å². The Morgan fingerprint density at radius 3 is 1.85 bits per heavy atom. The van der Waals surface area contributed by atoms with Crippen LogP contribution in [0.25, 0.3) is 0 Å². The molecule has 0 radical (unpaired) electrons. The summed E-state index contributed by atoms with van der Waals surface area (Å²) in [5.74, 6) is -0.902. The SMILES string of the molecule is C=CC(=O)O.Cc1ccc(C(=O)c2ccccc2)cc1. The summed E-state index contributed by atoms with van der Waals surface area (Å²) in [7, 11) is 0. The Morgan fingerprint density at radius 1 is 0.950 bits per heavy atom. The highest BCUT2D eigenvalue weighted by Gasteiger charge is 2.06. The van der Waals surface area contributed by atoms with Crippen molar-refractivity contribution in [1.29, 1.82) is 0 Å². The molecule has 102 valence electrons. The minimum Gasteiger partial charge on any atom is -0.478 e. The smallest absolute Gasteiger partial charge is 0.327 e. The van der Waals surface area contributed by atoms with Crippen LogP contribution in [0.3, 0.4) is 0 Å². The Kier molecular flexibility index (Phi) is 5.91. The number of carboxylic acid groups (broad SMARTS) is 1. The first-order valence-electron chi connectivity index (χ1n) is 6.06. The molecule has 0 unspecified atom stereocenters. The van der Waals surface area contributed by atoms with Gasteiger partial charge in [-0.3, -0.25) is 4.79 Å². The van der Waals surface area contributed by atoms with Crippen molar-refractivity contribution < 1.29 is 14.7 Å². The molecule has 3 nitrogen and oxygen atoms in total. The van der Waals surface area contributed by atoms with Gasteiger partial charge < -0.3 is 5.11 Å². The minimum atomic E-state index is -0.981. The van der Waals surface area contributed by atoms with Gasteiger partial charge in [0.2, 0.25) is 0 Å². The number of aryl methyl sites for hydroxylation is 1. The fourth-order valence-corrected chi connectivity index (χ4v) is 1.46. The number of hydrogen-bond donors (Lipinski definition) is 1. The topological polar surface area (TPSA) is 54.4 Å². The van der Waals surface area contributed by atoms with Gasteiger partial charge in [-0.1, -0.05) is 66.7 Å². The Balaban J connectivity index is 0.000000347. The molecule has 0 saturated carbocycles. The molecule has 0 bridgehead atoms. The van der Waals surface area contributed by atoms with Crippen molar-refractivity contribution in [3.63, 3.8) is 0 Å². The molecule has 3 heteroatoms. The van der Waals surface area contributed by atoms with Crippen LogP contribution in [-0.2, 0) is 4.79 Å². The molecule has 2 aromatic rings. The number of hydrogen-bond acceptors (Lipinski definition) is 2. The van der Waals surface area contributed by atoms with E-state index in [1.165, 1.54) is 5.56 Å². The highest BCUT2D eigenvalue weighted by molar-refractivity contribution is 6.08. The molecule has 2 rings (SSSR count). The first-order chi connectivity index (χ1) is 9.54. The Bertz CT molecular complexity index is 583. The predicted octanol–water partition coefficient (Wildman–Crippen LogP) is 3.48. The highest BCUT2D eigenvalue weighted by Crippen LogP contribution is 2.10. The summed E-state index contributed by atoms with van der Waals surface area (Å²) in [6.07, 6.45) is 0.833. The van der Waals surface area contributed by atoms with Crippen molar-refractivity contribution in [2.24, 2.45) is 0 Å². The lowest BCUT2D eigenvalue weighted by atomic mass is 10.0. The maximum absolute atomic E-state index is 12.0. The van der Waals surface area contributed by atoms with E-state index in [0.29, 0.717) is 0 Å². The van der Waals surface area contributed by atoms with Crippen molar-refractivity contribution >= 4 is 11.8 Å². The number of ketones is 1. The number of rotatable bonds is 3. The van der Waals surface area contributed by atoms with Crippen LogP contribution in [0.4, 0.5) is 0 Å². The van der Waals surface area contributed by atoms with Gasteiger partial charge in [0, 0.05) is 17.2 Å². The van der Waals surface area contributed by atoms with Gasteiger partial charge in [-0.25, -0.2) is 4.79 Å². The van der Waals surface area contributed by atoms with Crippen molar-refractivity contribution in [2.75, 3.05) is 0 Å². The Labute approximate surface area is 118 Å². The maximum Gasteiger partial charge on any atom is 0.327 e. The molecule has 0 aliphatic carbocycles. The van der Waals surface area contributed by atoms with Crippen LogP contribution in [0, 0.1) is 6.92 Å². The van der Waals surface area contributed by atoms with Gasteiger partial charge >= 0.3 is 5.97 Å². The maximum atomic E-state index is 12.0. The molecule has 0 aliphatic heterocycles. The zero-order valence-electron chi connectivity index (χ0n) is 11.2.